The molecule has 2 heterocycles. The number of nitrogens with zero attached hydrogens (tertiary/aromatic N) is 2. The van der Waals surface area contributed by atoms with E-state index < -0.39 is 0 Å². The molecule has 32 heavy (non-hydrogen) atoms. The summed E-state index contributed by atoms with van der Waals surface area (Å²) < 4.78 is 0. The number of amides is 1. The predicted molar refractivity (Wildman–Crippen MR) is 134 cm³/mol. The third kappa shape index (κ3) is 3.29. The number of aromatic nitrogens is 1. The highest BCUT2D eigenvalue weighted by Crippen LogP contribution is 2.47. The largest absolute Gasteiger partial charge is 0.273 e. The van der Waals surface area contributed by atoms with Crippen molar-refractivity contribution >= 4 is 74.6 Å². The maximum atomic E-state index is 13.6. The molecule has 5 rings (SSSR count). The van der Waals surface area contributed by atoms with Crippen molar-refractivity contribution in [3.05, 3.63) is 98.1 Å². The zero-order chi connectivity index (χ0) is 22.6. The summed E-state index contributed by atoms with van der Waals surface area (Å²) in [4.78, 5) is 19.8. The Balaban J connectivity index is 1.72. The summed E-state index contributed by atoms with van der Waals surface area (Å²) in [6, 6.07) is 18.7. The quantitative estimate of drug-likeness (QED) is 0.215. The summed E-state index contributed by atoms with van der Waals surface area (Å²) in [6.07, 6.45) is 1.79. The van der Waals surface area contributed by atoms with E-state index in [1.165, 1.54) is 5.56 Å². The number of benzene rings is 3. The molecular weight excluding hydrogens is 463 g/mol. The summed E-state index contributed by atoms with van der Waals surface area (Å²) >= 11 is 19.4. The highest BCUT2D eigenvalue weighted by Gasteiger charge is 2.35. The highest BCUT2D eigenvalue weighted by atomic mass is 35.5. The molecule has 0 bridgehead atoms. The van der Waals surface area contributed by atoms with Crippen LogP contribution in [0, 0.1) is 13.8 Å². The molecule has 0 N–H and O–H groups in total. The number of rotatable bonds is 2. The molecule has 3 nitrogen and oxygen atoms in total. The van der Waals surface area contributed by atoms with Gasteiger partial charge < -0.3 is 0 Å². The molecule has 0 saturated heterocycles. The van der Waals surface area contributed by atoms with Gasteiger partial charge in [0.1, 0.15) is 5.15 Å². The minimum Gasteiger partial charge on any atom is -0.273 e. The van der Waals surface area contributed by atoms with E-state index in [9.17, 15) is 4.79 Å². The van der Waals surface area contributed by atoms with Gasteiger partial charge in [-0.25, -0.2) is 4.98 Å². The van der Waals surface area contributed by atoms with Gasteiger partial charge in [0.15, 0.2) is 0 Å². The van der Waals surface area contributed by atoms with Gasteiger partial charge in [0.25, 0.3) is 5.91 Å². The van der Waals surface area contributed by atoms with Gasteiger partial charge in [-0.2, -0.15) is 0 Å². The van der Waals surface area contributed by atoms with Gasteiger partial charge in [-0.3, -0.25) is 9.69 Å². The van der Waals surface area contributed by atoms with Gasteiger partial charge in [-0.15, -0.1) is 0 Å². The standard InChI is InChI=1S/C26H17Cl3N2O/c1-14-10-11-22-18(15(14)2)12-16(25(29)30-22)13-19-17-6-3-4-9-23(17)31(26(19)32)24-20(27)7-5-8-21(24)28/h3-13H,1-2H3/b19-13-. The predicted octanol–water partition coefficient (Wildman–Crippen LogP) is 8.03. The number of pyridine rings is 1. The van der Waals surface area contributed by atoms with E-state index in [-0.39, 0.29) is 5.91 Å². The molecule has 0 atom stereocenters. The van der Waals surface area contributed by atoms with Crippen LogP contribution >= 0.6 is 34.8 Å². The second-order valence-corrected chi connectivity index (χ2v) is 8.90. The van der Waals surface area contributed by atoms with E-state index >= 15 is 0 Å². The highest BCUT2D eigenvalue weighted by molar-refractivity contribution is 6.45. The van der Waals surface area contributed by atoms with Gasteiger partial charge in [0, 0.05) is 16.5 Å². The number of carbonyl (C=O) groups is 1. The van der Waals surface area contributed by atoms with Gasteiger partial charge in [0.2, 0.25) is 0 Å². The van der Waals surface area contributed by atoms with E-state index in [1.807, 2.05) is 42.5 Å². The lowest BCUT2D eigenvalue weighted by Crippen LogP contribution is -2.21. The number of hydrogen-bond acceptors (Lipinski definition) is 2. The summed E-state index contributed by atoms with van der Waals surface area (Å²) in [5.41, 5.74) is 6.27. The molecule has 1 aliphatic heterocycles. The average Bonchev–Trinajstić information content (AvgIpc) is 3.04. The van der Waals surface area contributed by atoms with Crippen LogP contribution in [0.3, 0.4) is 0 Å². The summed E-state index contributed by atoms with van der Waals surface area (Å²) in [5, 5.41) is 2.15. The monoisotopic (exact) mass is 478 g/mol. The van der Waals surface area contributed by atoms with Crippen molar-refractivity contribution in [2.45, 2.75) is 13.8 Å². The zero-order valence-corrected chi connectivity index (χ0v) is 19.6. The Kier molecular flexibility index (Phi) is 5.21. The average molecular weight is 480 g/mol. The molecule has 0 fully saturated rings. The van der Waals surface area contributed by atoms with Crippen LogP contribution in [0.2, 0.25) is 15.2 Å². The Labute approximate surface area is 200 Å². The van der Waals surface area contributed by atoms with Crippen LogP contribution in [0.1, 0.15) is 22.3 Å². The molecule has 1 amide bonds. The molecule has 6 heteroatoms. The van der Waals surface area contributed by atoms with E-state index in [1.54, 1.807) is 29.2 Å². The molecule has 0 saturated carbocycles. The van der Waals surface area contributed by atoms with Crippen molar-refractivity contribution in [3.63, 3.8) is 0 Å². The first-order valence-corrected chi connectivity index (χ1v) is 11.2. The van der Waals surface area contributed by atoms with Crippen molar-refractivity contribution in [3.8, 4) is 0 Å². The van der Waals surface area contributed by atoms with Gasteiger partial charge >= 0.3 is 0 Å². The van der Waals surface area contributed by atoms with Crippen molar-refractivity contribution in [2.75, 3.05) is 4.90 Å². The summed E-state index contributed by atoms with van der Waals surface area (Å²) in [7, 11) is 0. The Hall–Kier alpha value is -2.85. The normalized spacial score (nSPS) is 14.5. The van der Waals surface area contributed by atoms with Crippen LogP contribution < -0.4 is 4.90 Å². The molecule has 0 spiro atoms. The van der Waals surface area contributed by atoms with Crippen LogP contribution in [0.4, 0.5) is 11.4 Å². The maximum absolute atomic E-state index is 13.6. The number of para-hydroxylation sites is 2. The third-order valence-corrected chi connectivity index (χ3v) is 6.76. The van der Waals surface area contributed by atoms with Crippen LogP contribution in [0.5, 0.6) is 0 Å². The summed E-state index contributed by atoms with van der Waals surface area (Å²) in [5.74, 6) is -0.224. The Morgan fingerprint density at radius 1 is 0.906 bits per heavy atom. The van der Waals surface area contributed by atoms with E-state index in [0.717, 1.165) is 27.7 Å². The molecule has 158 valence electrons. The smallest absolute Gasteiger partial charge is 0.263 e. The number of anilines is 2. The summed E-state index contributed by atoms with van der Waals surface area (Å²) in [6.45, 7) is 4.12. The Morgan fingerprint density at radius 3 is 2.38 bits per heavy atom. The number of carbonyl (C=O) groups excluding carboxylic acids is 1. The fraction of sp³-hybridized carbons (Fsp3) is 0.0769. The number of aryl methyl sites for hydroxylation is 2. The molecule has 0 unspecified atom stereocenters. The second kappa shape index (κ2) is 7.93. The number of hydrogen-bond donors (Lipinski definition) is 0. The first kappa shape index (κ1) is 21.0. The van der Waals surface area contributed by atoms with Crippen LogP contribution in [-0.4, -0.2) is 10.9 Å². The third-order valence-electron chi connectivity index (χ3n) is 5.85. The van der Waals surface area contributed by atoms with Crippen LogP contribution in [0.15, 0.2) is 60.7 Å². The first-order valence-electron chi connectivity index (χ1n) is 10.0. The minimum atomic E-state index is -0.224. The Bertz CT molecular complexity index is 1440. The Morgan fingerprint density at radius 2 is 1.62 bits per heavy atom. The van der Waals surface area contributed by atoms with E-state index in [0.29, 0.717) is 32.0 Å². The van der Waals surface area contributed by atoms with E-state index in [4.69, 9.17) is 34.8 Å². The lowest BCUT2D eigenvalue weighted by molar-refractivity contribution is -0.112. The number of fused-ring (bicyclic) bond motifs is 2. The molecule has 0 radical (unpaired) electrons. The fourth-order valence-electron chi connectivity index (χ4n) is 4.05. The molecule has 1 aliphatic rings. The van der Waals surface area contributed by atoms with Gasteiger partial charge in [-0.1, -0.05) is 65.1 Å². The molecule has 4 aromatic rings. The lowest BCUT2D eigenvalue weighted by Gasteiger charge is -2.20. The topological polar surface area (TPSA) is 33.2 Å². The first-order chi connectivity index (χ1) is 15.4. The zero-order valence-electron chi connectivity index (χ0n) is 17.3. The molecule has 0 aliphatic carbocycles. The van der Waals surface area contributed by atoms with Crippen LogP contribution in [0.25, 0.3) is 22.6 Å². The number of halogens is 3. The molecular formula is C26H17Cl3N2O. The lowest BCUT2D eigenvalue weighted by atomic mass is 10.0. The van der Waals surface area contributed by atoms with Crippen molar-refractivity contribution in [1.82, 2.24) is 4.98 Å². The SMILES string of the molecule is Cc1ccc2nc(Cl)c(/C=C3\C(=O)N(c4c(Cl)cccc4Cl)c4ccccc43)cc2c1C. The van der Waals surface area contributed by atoms with Gasteiger partial charge in [-0.05, 0) is 61.4 Å². The maximum Gasteiger partial charge on any atom is 0.263 e. The van der Waals surface area contributed by atoms with Crippen LogP contribution in [-0.2, 0) is 4.79 Å². The van der Waals surface area contributed by atoms with Crippen molar-refractivity contribution < 1.29 is 4.79 Å². The van der Waals surface area contributed by atoms with Crippen molar-refractivity contribution in [1.29, 1.82) is 0 Å². The van der Waals surface area contributed by atoms with E-state index in [2.05, 4.69) is 18.8 Å². The fourth-order valence-corrected chi connectivity index (χ4v) is 4.82. The molecule has 3 aromatic carbocycles. The van der Waals surface area contributed by atoms with Gasteiger partial charge in [0.05, 0.1) is 32.5 Å². The molecule has 1 aromatic heterocycles. The minimum absolute atomic E-state index is 0.224. The second-order valence-electron chi connectivity index (χ2n) is 7.73. The van der Waals surface area contributed by atoms with Crippen molar-refractivity contribution in [2.24, 2.45) is 0 Å².